The number of aliphatic hydroxyl groups is 2. The van der Waals surface area contributed by atoms with Crippen LogP contribution in [0.5, 0.6) is 0 Å². The van der Waals surface area contributed by atoms with Gasteiger partial charge in [0.05, 0.1) is 25.2 Å². The molecule has 2 heterocycles. The Balaban J connectivity index is 1.92. The van der Waals surface area contributed by atoms with E-state index in [0.717, 1.165) is 0 Å². The fourth-order valence-corrected chi connectivity index (χ4v) is 3.91. The Kier molecular flexibility index (Phi) is 9.26. The van der Waals surface area contributed by atoms with Crippen LogP contribution in [0.15, 0.2) is 42.7 Å². The highest BCUT2D eigenvalue weighted by Gasteiger charge is 2.49. The van der Waals surface area contributed by atoms with Crippen molar-refractivity contribution in [3.8, 4) is 12.3 Å². The number of ether oxygens (including phenoxy) is 2. The topological polar surface area (TPSA) is 167 Å². The van der Waals surface area contributed by atoms with Crippen LogP contribution >= 0.6 is 11.6 Å². The number of rotatable bonds is 13. The second-order valence-electron chi connectivity index (χ2n) is 8.54. The van der Waals surface area contributed by atoms with Gasteiger partial charge in [0.1, 0.15) is 16.8 Å². The molecule has 0 bridgehead atoms. The largest absolute Gasteiger partial charge is 0.479 e. The lowest BCUT2D eigenvalue weighted by molar-refractivity contribution is -0.195. The third-order valence-electron chi connectivity index (χ3n) is 5.71. The molecule has 0 saturated carbocycles. The van der Waals surface area contributed by atoms with Crippen molar-refractivity contribution in [3.05, 3.63) is 53.4 Å². The summed E-state index contributed by atoms with van der Waals surface area (Å²) < 4.78 is 12.5. The van der Waals surface area contributed by atoms with E-state index in [0.29, 0.717) is 16.8 Å². The van der Waals surface area contributed by atoms with E-state index >= 15 is 0 Å². The molecule has 3 aromatic rings. The van der Waals surface area contributed by atoms with Crippen LogP contribution in [0.1, 0.15) is 11.8 Å². The SMILES string of the molecule is C#C[C@@H](O)[C@@H](O[C@@H](CO)COC(Cc1ccccc1)(C(=O)O)C(=O)O)n1cnc2c(N(C)C)cc(Cl)nc21. The third kappa shape index (κ3) is 6.04. The number of aliphatic carboxylic acids is 2. The van der Waals surface area contributed by atoms with Crippen LogP contribution in [0, 0.1) is 12.3 Å². The molecular formula is C25H27ClN4O8. The molecular weight excluding hydrogens is 520 g/mol. The molecule has 0 unspecified atom stereocenters. The molecule has 0 radical (unpaired) electrons. The number of aliphatic hydroxyl groups excluding tert-OH is 2. The molecule has 0 spiro atoms. The summed E-state index contributed by atoms with van der Waals surface area (Å²) in [4.78, 5) is 34.5. The molecule has 3 atom stereocenters. The van der Waals surface area contributed by atoms with Gasteiger partial charge >= 0.3 is 11.9 Å². The van der Waals surface area contributed by atoms with Gasteiger partial charge in [0.15, 0.2) is 18.0 Å². The lowest BCUT2D eigenvalue weighted by atomic mass is 9.94. The predicted octanol–water partition coefficient (Wildman–Crippen LogP) is 1.19. The molecule has 202 valence electrons. The normalized spacial score (nSPS) is 14.0. The Morgan fingerprint density at radius 3 is 2.45 bits per heavy atom. The number of carboxylic acid groups (broad SMARTS) is 2. The zero-order chi connectivity index (χ0) is 28.0. The van der Waals surface area contributed by atoms with Crippen molar-refractivity contribution in [2.24, 2.45) is 0 Å². The molecule has 12 nitrogen and oxygen atoms in total. The molecule has 13 heteroatoms. The average molecular weight is 547 g/mol. The number of terminal acetylenes is 1. The van der Waals surface area contributed by atoms with E-state index in [1.807, 2.05) is 0 Å². The summed E-state index contributed by atoms with van der Waals surface area (Å²) in [7, 11) is 3.56. The molecule has 38 heavy (non-hydrogen) atoms. The van der Waals surface area contributed by atoms with Crippen LogP contribution in [0.25, 0.3) is 11.2 Å². The quantitative estimate of drug-likeness (QED) is 0.138. The van der Waals surface area contributed by atoms with Gasteiger partial charge in [0, 0.05) is 26.6 Å². The Bertz CT molecular complexity index is 1310. The van der Waals surface area contributed by atoms with Gasteiger partial charge in [-0.3, -0.25) is 4.57 Å². The standard InChI is InChI=1S/C25H27ClN4O8/c1-4-18(32)22(30-14-27-20-17(29(2)3)10-19(26)28-21(20)30)38-16(12-31)13-37-25(23(33)34,24(35)36)11-15-8-6-5-7-9-15/h1,5-10,14,16,18,22,31-32H,11-13H2,2-3H3,(H,33,34)(H,35,36)/t16-,18+,22+/m0/s1. The highest BCUT2D eigenvalue weighted by molar-refractivity contribution is 6.30. The molecule has 0 aliphatic rings. The third-order valence-corrected chi connectivity index (χ3v) is 5.91. The van der Waals surface area contributed by atoms with Crippen molar-refractivity contribution < 1.29 is 39.5 Å². The summed E-state index contributed by atoms with van der Waals surface area (Å²) in [6.07, 6.45) is 2.02. The number of aromatic nitrogens is 3. The van der Waals surface area contributed by atoms with Crippen LogP contribution in [0.4, 0.5) is 5.69 Å². The number of imidazole rings is 1. The molecule has 0 aliphatic carbocycles. The van der Waals surface area contributed by atoms with Gasteiger partial charge in [-0.15, -0.1) is 6.42 Å². The predicted molar refractivity (Wildman–Crippen MR) is 137 cm³/mol. The molecule has 0 aliphatic heterocycles. The van der Waals surface area contributed by atoms with Crippen molar-refractivity contribution in [1.29, 1.82) is 0 Å². The van der Waals surface area contributed by atoms with Crippen molar-refractivity contribution in [1.82, 2.24) is 14.5 Å². The van der Waals surface area contributed by atoms with Crippen LogP contribution in [0.3, 0.4) is 0 Å². The number of pyridine rings is 1. The zero-order valence-corrected chi connectivity index (χ0v) is 21.3. The number of hydrogen-bond acceptors (Lipinski definition) is 9. The van der Waals surface area contributed by atoms with Crippen molar-refractivity contribution in [2.75, 3.05) is 32.2 Å². The van der Waals surface area contributed by atoms with Crippen LogP contribution in [-0.4, -0.2) is 92.0 Å². The second kappa shape index (κ2) is 12.2. The first-order valence-electron chi connectivity index (χ1n) is 11.3. The maximum atomic E-state index is 12.1. The number of nitrogens with zero attached hydrogens (tertiary/aromatic N) is 4. The number of carbonyl (C=O) groups is 2. The van der Waals surface area contributed by atoms with Gasteiger partial charge in [-0.2, -0.15) is 0 Å². The summed E-state index contributed by atoms with van der Waals surface area (Å²) in [6, 6.07) is 9.69. The molecule has 0 saturated heterocycles. The Morgan fingerprint density at radius 2 is 1.89 bits per heavy atom. The Hall–Kier alpha value is -3.73. The maximum absolute atomic E-state index is 12.1. The first kappa shape index (κ1) is 28.8. The average Bonchev–Trinajstić information content (AvgIpc) is 3.30. The van der Waals surface area contributed by atoms with Crippen LogP contribution in [-0.2, 0) is 25.5 Å². The molecule has 4 N–H and O–H groups in total. The highest BCUT2D eigenvalue weighted by Crippen LogP contribution is 2.30. The summed E-state index contributed by atoms with van der Waals surface area (Å²) in [5.74, 6) is -1.33. The van der Waals surface area contributed by atoms with Gasteiger partial charge in [0.25, 0.3) is 5.60 Å². The minimum Gasteiger partial charge on any atom is -0.479 e. The lowest BCUT2D eigenvalue weighted by Gasteiger charge is -2.30. The van der Waals surface area contributed by atoms with E-state index in [9.17, 15) is 30.0 Å². The Morgan fingerprint density at radius 1 is 1.24 bits per heavy atom. The van der Waals surface area contributed by atoms with Gasteiger partial charge in [0.2, 0.25) is 0 Å². The monoisotopic (exact) mass is 546 g/mol. The number of halogens is 1. The first-order chi connectivity index (χ1) is 18.0. The van der Waals surface area contributed by atoms with E-state index in [1.165, 1.54) is 10.9 Å². The van der Waals surface area contributed by atoms with Gasteiger partial charge < -0.3 is 34.8 Å². The number of anilines is 1. The molecule has 0 amide bonds. The fraction of sp³-hybridized carbons (Fsp3) is 0.360. The van der Waals surface area contributed by atoms with E-state index in [-0.39, 0.29) is 10.8 Å². The molecule has 1 aromatic carbocycles. The molecule has 0 fully saturated rings. The zero-order valence-electron chi connectivity index (χ0n) is 20.6. The van der Waals surface area contributed by atoms with Gasteiger partial charge in [-0.05, 0) is 5.56 Å². The summed E-state index contributed by atoms with van der Waals surface area (Å²) in [6.45, 7) is -1.39. The Labute approximate surface area is 223 Å². The highest BCUT2D eigenvalue weighted by atomic mass is 35.5. The van der Waals surface area contributed by atoms with Crippen molar-refractivity contribution in [3.63, 3.8) is 0 Å². The van der Waals surface area contributed by atoms with Crippen LogP contribution in [0.2, 0.25) is 5.15 Å². The number of carboxylic acids is 2. The second-order valence-corrected chi connectivity index (χ2v) is 8.92. The summed E-state index contributed by atoms with van der Waals surface area (Å²) in [5, 5.41) is 40.2. The first-order valence-corrected chi connectivity index (χ1v) is 11.7. The molecule has 2 aromatic heterocycles. The number of fused-ring (bicyclic) bond motifs is 1. The van der Waals surface area contributed by atoms with Crippen LogP contribution < -0.4 is 4.90 Å². The number of hydrogen-bond donors (Lipinski definition) is 4. The maximum Gasteiger partial charge on any atom is 0.348 e. The van der Waals surface area contributed by atoms with E-state index in [1.54, 1.807) is 55.4 Å². The fourth-order valence-electron chi connectivity index (χ4n) is 3.73. The van der Waals surface area contributed by atoms with Gasteiger partial charge in [-0.1, -0.05) is 47.9 Å². The van der Waals surface area contributed by atoms with E-state index < -0.39 is 55.6 Å². The lowest BCUT2D eigenvalue weighted by Crippen LogP contribution is -2.52. The minimum atomic E-state index is -2.67. The summed E-state index contributed by atoms with van der Waals surface area (Å²) in [5.41, 5.74) is -0.997. The minimum absolute atomic E-state index is 0.132. The van der Waals surface area contributed by atoms with Gasteiger partial charge in [-0.25, -0.2) is 19.6 Å². The van der Waals surface area contributed by atoms with E-state index in [2.05, 4.69) is 15.9 Å². The molecule has 3 rings (SSSR count). The van der Waals surface area contributed by atoms with E-state index in [4.69, 9.17) is 27.5 Å². The van der Waals surface area contributed by atoms with Crippen molar-refractivity contribution >= 4 is 40.4 Å². The summed E-state index contributed by atoms with van der Waals surface area (Å²) >= 11 is 6.18. The van der Waals surface area contributed by atoms with Crippen molar-refractivity contribution in [2.45, 2.75) is 30.5 Å². The smallest absolute Gasteiger partial charge is 0.348 e. The number of benzene rings is 1.